The van der Waals surface area contributed by atoms with Gasteiger partial charge in [-0.3, -0.25) is 9.89 Å². The molecule has 2 aliphatic rings. The lowest BCUT2D eigenvalue weighted by molar-refractivity contribution is 0.0982. The lowest BCUT2D eigenvalue weighted by atomic mass is 9.98. The van der Waals surface area contributed by atoms with E-state index in [0.29, 0.717) is 0 Å². The number of nitrogens with zero attached hydrogens (tertiary/aromatic N) is 3. The Morgan fingerprint density at radius 3 is 2.46 bits per heavy atom. The number of piperidine rings is 1. The molecule has 0 spiro atoms. The van der Waals surface area contributed by atoms with Gasteiger partial charge >= 0.3 is 0 Å². The quantitative estimate of drug-likeness (QED) is 0.273. The number of likely N-dealkylation sites (tertiary alicyclic amines) is 1. The number of halogens is 1. The lowest BCUT2D eigenvalue weighted by Gasteiger charge is -2.41. The van der Waals surface area contributed by atoms with Crippen LogP contribution in [0.4, 0.5) is 5.69 Å². The summed E-state index contributed by atoms with van der Waals surface area (Å²) in [5.74, 6) is 0.869. The standard InChI is InChI=1S/C22H35N5.HI/c1-22(2,27-14-5-4-6-15-27)18-25-21(23-3)24-17-19-10-9-11-20(16-19)26-12-7-8-13-26;/h7-11,16H,4-6,12-15,17-18H2,1-3H3,(H2,23,24,25);1H. The van der Waals surface area contributed by atoms with Crippen LogP contribution in [0.2, 0.25) is 0 Å². The topological polar surface area (TPSA) is 42.9 Å². The first kappa shape index (κ1) is 23.0. The normalized spacial score (nSPS) is 18.1. The van der Waals surface area contributed by atoms with E-state index < -0.39 is 0 Å². The van der Waals surface area contributed by atoms with Crippen LogP contribution in [0.15, 0.2) is 41.4 Å². The molecular weight excluding hydrogens is 461 g/mol. The minimum absolute atomic E-state index is 0. The van der Waals surface area contributed by atoms with Crippen LogP contribution < -0.4 is 15.5 Å². The molecule has 1 aromatic rings. The zero-order valence-electron chi connectivity index (χ0n) is 17.6. The number of hydrogen-bond donors (Lipinski definition) is 2. The molecule has 3 rings (SSSR count). The molecule has 156 valence electrons. The number of hydrogen-bond acceptors (Lipinski definition) is 3. The predicted molar refractivity (Wildman–Crippen MR) is 131 cm³/mol. The highest BCUT2D eigenvalue weighted by molar-refractivity contribution is 14.0. The van der Waals surface area contributed by atoms with E-state index in [1.54, 1.807) is 0 Å². The zero-order chi connectivity index (χ0) is 19.1. The van der Waals surface area contributed by atoms with E-state index >= 15 is 0 Å². The molecule has 2 N–H and O–H groups in total. The largest absolute Gasteiger partial charge is 0.364 e. The first-order chi connectivity index (χ1) is 13.1. The van der Waals surface area contributed by atoms with Gasteiger partial charge in [0.1, 0.15) is 0 Å². The maximum absolute atomic E-state index is 4.41. The Labute approximate surface area is 187 Å². The van der Waals surface area contributed by atoms with Gasteiger partial charge < -0.3 is 15.5 Å². The molecular formula is C22H36IN5. The van der Waals surface area contributed by atoms with Crippen molar-refractivity contribution in [2.24, 2.45) is 4.99 Å². The molecule has 0 unspecified atom stereocenters. The summed E-state index contributed by atoms with van der Waals surface area (Å²) in [6.45, 7) is 10.7. The van der Waals surface area contributed by atoms with Crippen molar-refractivity contribution in [3.63, 3.8) is 0 Å². The SMILES string of the molecule is CN=C(NCc1cccc(N2CC=CC2)c1)NCC(C)(C)N1CCCCC1.I. The highest BCUT2D eigenvalue weighted by Gasteiger charge is 2.27. The number of benzene rings is 1. The fourth-order valence-corrected chi connectivity index (χ4v) is 3.87. The molecule has 0 saturated carbocycles. The van der Waals surface area contributed by atoms with E-state index in [4.69, 9.17) is 0 Å². The number of nitrogens with one attached hydrogen (secondary N) is 2. The summed E-state index contributed by atoms with van der Waals surface area (Å²) in [7, 11) is 1.84. The molecule has 0 atom stereocenters. The van der Waals surface area contributed by atoms with Gasteiger partial charge in [0.15, 0.2) is 5.96 Å². The molecule has 5 nitrogen and oxygen atoms in total. The Kier molecular flexibility index (Phi) is 9.08. The van der Waals surface area contributed by atoms with E-state index in [0.717, 1.165) is 32.1 Å². The third-order valence-corrected chi connectivity index (χ3v) is 5.68. The molecule has 0 bridgehead atoms. The maximum atomic E-state index is 4.41. The Bertz CT molecular complexity index is 657. The van der Waals surface area contributed by atoms with Gasteiger partial charge in [0.25, 0.3) is 0 Å². The maximum Gasteiger partial charge on any atom is 0.191 e. The van der Waals surface area contributed by atoms with Crippen LogP contribution in [0.5, 0.6) is 0 Å². The van der Waals surface area contributed by atoms with Crippen molar-refractivity contribution in [3.8, 4) is 0 Å². The fraction of sp³-hybridized carbons (Fsp3) is 0.591. The van der Waals surface area contributed by atoms with Gasteiger partial charge in [-0.05, 0) is 57.5 Å². The molecule has 0 amide bonds. The number of anilines is 1. The molecule has 2 aliphatic heterocycles. The van der Waals surface area contributed by atoms with Gasteiger partial charge in [-0.15, -0.1) is 24.0 Å². The van der Waals surface area contributed by atoms with Crippen LogP contribution in [0.3, 0.4) is 0 Å². The lowest BCUT2D eigenvalue weighted by Crippen LogP contribution is -2.54. The minimum atomic E-state index is 0. The van der Waals surface area contributed by atoms with Gasteiger partial charge in [-0.2, -0.15) is 0 Å². The monoisotopic (exact) mass is 497 g/mol. The third kappa shape index (κ3) is 6.37. The Balaban J connectivity index is 0.00000280. The van der Waals surface area contributed by atoms with Crippen LogP contribution in [0.25, 0.3) is 0 Å². The Morgan fingerprint density at radius 2 is 1.79 bits per heavy atom. The summed E-state index contributed by atoms with van der Waals surface area (Å²) in [5.41, 5.74) is 2.70. The molecule has 2 heterocycles. The summed E-state index contributed by atoms with van der Waals surface area (Å²) in [4.78, 5) is 9.38. The first-order valence-electron chi connectivity index (χ1n) is 10.3. The van der Waals surface area contributed by atoms with E-state index in [9.17, 15) is 0 Å². The fourth-order valence-electron chi connectivity index (χ4n) is 3.87. The third-order valence-electron chi connectivity index (χ3n) is 5.68. The summed E-state index contributed by atoms with van der Waals surface area (Å²) < 4.78 is 0. The smallest absolute Gasteiger partial charge is 0.191 e. The molecule has 0 aliphatic carbocycles. The average Bonchev–Trinajstić information content (AvgIpc) is 3.24. The van der Waals surface area contributed by atoms with Crippen molar-refractivity contribution < 1.29 is 0 Å². The van der Waals surface area contributed by atoms with E-state index in [2.05, 4.69) is 75.7 Å². The summed E-state index contributed by atoms with van der Waals surface area (Å²) in [6, 6.07) is 8.76. The highest BCUT2D eigenvalue weighted by Crippen LogP contribution is 2.20. The second kappa shape index (κ2) is 11.0. The van der Waals surface area contributed by atoms with Crippen LogP contribution in [0.1, 0.15) is 38.7 Å². The van der Waals surface area contributed by atoms with Crippen LogP contribution in [-0.2, 0) is 6.54 Å². The van der Waals surface area contributed by atoms with Gasteiger partial charge in [0.2, 0.25) is 0 Å². The number of rotatable bonds is 6. The van der Waals surface area contributed by atoms with Gasteiger partial charge in [-0.25, -0.2) is 0 Å². The average molecular weight is 497 g/mol. The van der Waals surface area contributed by atoms with Crippen molar-refractivity contribution in [2.45, 2.75) is 45.2 Å². The molecule has 1 fully saturated rings. The number of aliphatic imine (C=N–C) groups is 1. The molecule has 1 saturated heterocycles. The highest BCUT2D eigenvalue weighted by atomic mass is 127. The van der Waals surface area contributed by atoms with E-state index in [1.165, 1.54) is 43.6 Å². The molecule has 6 heteroatoms. The predicted octanol–water partition coefficient (Wildman–Crippen LogP) is 3.61. The van der Waals surface area contributed by atoms with Crippen molar-refractivity contribution in [3.05, 3.63) is 42.0 Å². The first-order valence-corrected chi connectivity index (χ1v) is 10.3. The second-order valence-corrected chi connectivity index (χ2v) is 8.19. The summed E-state index contributed by atoms with van der Waals surface area (Å²) >= 11 is 0. The summed E-state index contributed by atoms with van der Waals surface area (Å²) in [5, 5.41) is 6.99. The molecule has 0 radical (unpaired) electrons. The Hall–Kier alpha value is -1.28. The van der Waals surface area contributed by atoms with Crippen LogP contribution in [0, 0.1) is 0 Å². The van der Waals surface area contributed by atoms with Crippen molar-refractivity contribution in [1.29, 1.82) is 0 Å². The second-order valence-electron chi connectivity index (χ2n) is 8.19. The van der Waals surface area contributed by atoms with Crippen molar-refractivity contribution >= 4 is 35.6 Å². The van der Waals surface area contributed by atoms with E-state index in [1.807, 2.05) is 7.05 Å². The van der Waals surface area contributed by atoms with Gasteiger partial charge in [-0.1, -0.05) is 30.7 Å². The van der Waals surface area contributed by atoms with Gasteiger partial charge in [0.05, 0.1) is 0 Å². The minimum Gasteiger partial charge on any atom is -0.364 e. The number of guanidine groups is 1. The molecule has 1 aromatic carbocycles. The summed E-state index contributed by atoms with van der Waals surface area (Å²) in [6.07, 6.45) is 8.45. The molecule has 0 aromatic heterocycles. The van der Waals surface area contributed by atoms with Crippen LogP contribution in [-0.4, -0.2) is 56.2 Å². The van der Waals surface area contributed by atoms with Crippen LogP contribution >= 0.6 is 24.0 Å². The van der Waals surface area contributed by atoms with Crippen molar-refractivity contribution in [1.82, 2.24) is 15.5 Å². The Morgan fingerprint density at radius 1 is 1.07 bits per heavy atom. The van der Waals surface area contributed by atoms with Gasteiger partial charge in [0, 0.05) is 44.5 Å². The zero-order valence-corrected chi connectivity index (χ0v) is 19.9. The molecule has 28 heavy (non-hydrogen) atoms. The van der Waals surface area contributed by atoms with E-state index in [-0.39, 0.29) is 29.5 Å². The van der Waals surface area contributed by atoms with Crippen molar-refractivity contribution in [2.75, 3.05) is 44.7 Å².